The van der Waals surface area contributed by atoms with Crippen LogP contribution >= 0.6 is 11.6 Å². The third-order valence-corrected chi connectivity index (χ3v) is 5.40. The molecule has 0 heterocycles. The lowest BCUT2D eigenvalue weighted by Gasteiger charge is -2.25. The molecule has 0 bridgehead atoms. The molecule has 0 saturated carbocycles. The summed E-state index contributed by atoms with van der Waals surface area (Å²) in [7, 11) is -1.45. The summed E-state index contributed by atoms with van der Waals surface area (Å²) in [5, 5.41) is 9.40. The van der Waals surface area contributed by atoms with Gasteiger partial charge in [-0.05, 0) is 12.1 Å². The molecule has 0 amide bonds. The number of halogens is 1. The summed E-state index contributed by atoms with van der Waals surface area (Å²) in [6, 6.07) is 10.2. The first-order valence-electron chi connectivity index (χ1n) is 7.02. The summed E-state index contributed by atoms with van der Waals surface area (Å²) in [6.45, 7) is -0.793. The molecule has 1 N–H and O–H groups in total. The van der Waals surface area contributed by atoms with Crippen molar-refractivity contribution >= 4 is 33.3 Å². The second kappa shape index (κ2) is 7.62. The molecule has 0 radical (unpaired) electrons. The highest BCUT2D eigenvalue weighted by atomic mass is 35.5. The number of hydrogen-bond donors (Lipinski definition) is 1. The molecule has 2 aromatic carbocycles. The van der Waals surface area contributed by atoms with Gasteiger partial charge in [0.05, 0.1) is 29.8 Å². The van der Waals surface area contributed by atoms with E-state index in [1.807, 2.05) is 0 Å². The van der Waals surface area contributed by atoms with Crippen LogP contribution < -0.4 is 13.8 Å². The van der Waals surface area contributed by atoms with Gasteiger partial charge in [-0.3, -0.25) is 9.10 Å². The number of carbonyl (C=O) groups is 1. The number of rotatable bonds is 7. The Kier molecular flexibility index (Phi) is 5.76. The monoisotopic (exact) mass is 385 g/mol. The predicted octanol–water partition coefficient (Wildman–Crippen LogP) is 2.64. The number of benzene rings is 2. The van der Waals surface area contributed by atoms with Gasteiger partial charge in [0.25, 0.3) is 10.0 Å². The average molecular weight is 386 g/mol. The van der Waals surface area contributed by atoms with Gasteiger partial charge in [0, 0.05) is 12.1 Å². The fourth-order valence-corrected chi connectivity index (χ4v) is 3.85. The summed E-state index contributed by atoms with van der Waals surface area (Å²) < 4.78 is 36.9. The molecule has 0 aliphatic rings. The molecule has 0 saturated heterocycles. The number of carboxylic acids is 1. The SMILES string of the molecule is COc1cc(N(CC(=O)O)S(=O)(=O)c2ccccc2)c(OC)cc1Cl. The van der Waals surface area contributed by atoms with Crippen LogP contribution in [0.25, 0.3) is 0 Å². The number of nitrogens with zero attached hydrogens (tertiary/aromatic N) is 1. The van der Waals surface area contributed by atoms with Gasteiger partial charge in [-0.25, -0.2) is 8.42 Å². The zero-order chi connectivity index (χ0) is 18.6. The molecule has 2 rings (SSSR count). The van der Waals surface area contributed by atoms with E-state index < -0.39 is 22.5 Å². The minimum absolute atomic E-state index is 0.00926. The van der Waals surface area contributed by atoms with Crippen LogP contribution in [0, 0.1) is 0 Å². The second-order valence-corrected chi connectivity index (χ2v) is 7.15. The molecule has 0 spiro atoms. The van der Waals surface area contributed by atoms with Crippen molar-refractivity contribution in [3.8, 4) is 11.5 Å². The largest absolute Gasteiger partial charge is 0.495 e. The highest BCUT2D eigenvalue weighted by molar-refractivity contribution is 7.92. The summed E-state index contributed by atoms with van der Waals surface area (Å²) in [6.07, 6.45) is 0. The van der Waals surface area contributed by atoms with Crippen LogP contribution in [0.2, 0.25) is 5.02 Å². The molecule has 9 heteroatoms. The van der Waals surface area contributed by atoms with Gasteiger partial charge in [-0.1, -0.05) is 29.8 Å². The summed E-state index contributed by atoms with van der Waals surface area (Å²) in [5.74, 6) is -1.03. The van der Waals surface area contributed by atoms with Crippen molar-refractivity contribution in [1.29, 1.82) is 0 Å². The van der Waals surface area contributed by atoms with Crippen molar-refractivity contribution in [3.63, 3.8) is 0 Å². The van der Waals surface area contributed by atoms with Crippen LogP contribution in [0.5, 0.6) is 11.5 Å². The van der Waals surface area contributed by atoms with Crippen molar-refractivity contribution in [2.75, 3.05) is 25.1 Å². The zero-order valence-corrected chi connectivity index (χ0v) is 15.0. The lowest BCUT2D eigenvalue weighted by Crippen LogP contribution is -2.36. The molecule has 0 aliphatic heterocycles. The van der Waals surface area contributed by atoms with E-state index in [1.54, 1.807) is 18.2 Å². The number of sulfonamides is 1. The van der Waals surface area contributed by atoms with Gasteiger partial charge in [0.1, 0.15) is 18.0 Å². The number of anilines is 1. The molecule has 0 unspecified atom stereocenters. The van der Waals surface area contributed by atoms with Crippen molar-refractivity contribution in [3.05, 3.63) is 47.5 Å². The molecule has 0 atom stereocenters. The molecule has 25 heavy (non-hydrogen) atoms. The lowest BCUT2D eigenvalue weighted by atomic mass is 10.2. The fourth-order valence-electron chi connectivity index (χ4n) is 2.18. The normalized spacial score (nSPS) is 11.0. The van der Waals surface area contributed by atoms with E-state index in [9.17, 15) is 18.3 Å². The molecule has 0 aliphatic carbocycles. The third kappa shape index (κ3) is 3.97. The van der Waals surface area contributed by atoms with Gasteiger partial charge in [0.15, 0.2) is 0 Å². The van der Waals surface area contributed by atoms with Crippen molar-refractivity contribution in [2.24, 2.45) is 0 Å². The van der Waals surface area contributed by atoms with Crippen molar-refractivity contribution in [1.82, 2.24) is 0 Å². The molecule has 134 valence electrons. The highest BCUT2D eigenvalue weighted by Gasteiger charge is 2.30. The molecule has 7 nitrogen and oxygen atoms in total. The predicted molar refractivity (Wildman–Crippen MR) is 93.2 cm³/mol. The van der Waals surface area contributed by atoms with E-state index in [0.717, 1.165) is 4.31 Å². The maximum Gasteiger partial charge on any atom is 0.324 e. The van der Waals surface area contributed by atoms with Crippen LogP contribution in [0.15, 0.2) is 47.4 Å². The van der Waals surface area contributed by atoms with Crippen LogP contribution in [-0.4, -0.2) is 40.3 Å². The Morgan fingerprint density at radius 1 is 1.12 bits per heavy atom. The average Bonchev–Trinajstić information content (AvgIpc) is 2.60. The Labute approximate surface area is 150 Å². The van der Waals surface area contributed by atoms with Crippen LogP contribution in [0.3, 0.4) is 0 Å². The highest BCUT2D eigenvalue weighted by Crippen LogP contribution is 2.40. The van der Waals surface area contributed by atoms with Gasteiger partial charge in [0.2, 0.25) is 0 Å². The molecule has 0 aromatic heterocycles. The van der Waals surface area contributed by atoms with E-state index in [4.69, 9.17) is 21.1 Å². The number of hydrogen-bond acceptors (Lipinski definition) is 5. The Hall–Kier alpha value is -2.45. The van der Waals surface area contributed by atoms with Crippen molar-refractivity contribution < 1.29 is 27.8 Å². The van der Waals surface area contributed by atoms with E-state index in [1.165, 1.54) is 38.5 Å². The van der Waals surface area contributed by atoms with E-state index in [2.05, 4.69) is 0 Å². The molecule has 2 aromatic rings. The first-order valence-corrected chi connectivity index (χ1v) is 8.84. The smallest absolute Gasteiger partial charge is 0.324 e. The van der Waals surface area contributed by atoms with Gasteiger partial charge >= 0.3 is 5.97 Å². The first kappa shape index (κ1) is 18.9. The summed E-state index contributed by atoms with van der Waals surface area (Å²) in [5.41, 5.74) is 0.00926. The topological polar surface area (TPSA) is 93.1 Å². The first-order chi connectivity index (χ1) is 11.8. The maximum absolute atomic E-state index is 13.0. The number of methoxy groups -OCH3 is 2. The molecular formula is C16H16ClNO6S. The Balaban J connectivity index is 2.69. The number of ether oxygens (including phenoxy) is 2. The van der Waals surface area contributed by atoms with E-state index in [0.29, 0.717) is 0 Å². The number of aliphatic carboxylic acids is 1. The molecular weight excluding hydrogens is 370 g/mol. The van der Waals surface area contributed by atoms with Crippen LogP contribution in [0.1, 0.15) is 0 Å². The third-order valence-electron chi connectivity index (χ3n) is 3.33. The minimum Gasteiger partial charge on any atom is -0.495 e. The fraction of sp³-hybridized carbons (Fsp3) is 0.188. The minimum atomic E-state index is -4.15. The lowest BCUT2D eigenvalue weighted by molar-refractivity contribution is -0.135. The van der Waals surface area contributed by atoms with E-state index >= 15 is 0 Å². The standard InChI is InChI=1S/C16H16ClNO6S/c1-23-14-9-13(15(24-2)8-12(14)17)18(10-16(19)20)25(21,22)11-6-4-3-5-7-11/h3-9H,10H2,1-2H3,(H,19,20). The van der Waals surface area contributed by atoms with Crippen LogP contribution in [-0.2, 0) is 14.8 Å². The van der Waals surface area contributed by atoms with E-state index in [-0.39, 0.29) is 27.1 Å². The quantitative estimate of drug-likeness (QED) is 0.787. The Bertz CT molecular complexity index is 870. The van der Waals surface area contributed by atoms with Crippen molar-refractivity contribution in [2.45, 2.75) is 4.90 Å². The van der Waals surface area contributed by atoms with Crippen LogP contribution in [0.4, 0.5) is 5.69 Å². The van der Waals surface area contributed by atoms with Gasteiger partial charge < -0.3 is 14.6 Å². The summed E-state index contributed by atoms with van der Waals surface area (Å²) >= 11 is 6.03. The van der Waals surface area contributed by atoms with Gasteiger partial charge in [-0.15, -0.1) is 0 Å². The second-order valence-electron chi connectivity index (χ2n) is 4.88. The van der Waals surface area contributed by atoms with Gasteiger partial charge in [-0.2, -0.15) is 0 Å². The Morgan fingerprint density at radius 2 is 1.72 bits per heavy atom. The molecule has 0 fully saturated rings. The zero-order valence-electron chi connectivity index (χ0n) is 13.5. The number of carboxylic acid groups (broad SMARTS) is 1. The summed E-state index contributed by atoms with van der Waals surface area (Å²) in [4.78, 5) is 11.2. The Morgan fingerprint density at radius 3 is 2.24 bits per heavy atom. The maximum atomic E-state index is 13.0.